The Kier molecular flexibility index (Phi) is 8.18. The van der Waals surface area contributed by atoms with Crippen LogP contribution in [-0.4, -0.2) is 21.0 Å². The minimum atomic E-state index is -0.749. The first-order valence-corrected chi connectivity index (χ1v) is 11.5. The van der Waals surface area contributed by atoms with Crippen molar-refractivity contribution in [2.45, 2.75) is 77.6 Å². The molecule has 1 N–H and O–H groups in total. The van der Waals surface area contributed by atoms with Gasteiger partial charge in [-0.05, 0) is 67.9 Å². The number of carboxylic acids is 1. The summed E-state index contributed by atoms with van der Waals surface area (Å²) in [5.41, 5.74) is 4.20. The summed E-state index contributed by atoms with van der Waals surface area (Å²) >= 11 is 0. The summed E-state index contributed by atoms with van der Waals surface area (Å²) in [7, 11) is 0. The van der Waals surface area contributed by atoms with Crippen LogP contribution >= 0.6 is 0 Å². The molecule has 1 aromatic heterocycles. The Balaban J connectivity index is 1.59. The lowest BCUT2D eigenvalue weighted by molar-refractivity contribution is -0.133. The van der Waals surface area contributed by atoms with Crippen LogP contribution in [-0.2, 0) is 11.2 Å². The molecule has 1 saturated carbocycles. The molecule has 0 unspecified atom stereocenters. The Morgan fingerprint density at radius 3 is 2.27 bits per heavy atom. The molecule has 4 heteroatoms. The molecule has 160 valence electrons. The number of nitrogens with zero attached hydrogens (tertiary/aromatic N) is 2. The normalized spacial score (nSPS) is 19.6. The molecule has 4 nitrogen and oxygen atoms in total. The third-order valence-electron chi connectivity index (χ3n) is 6.25. The van der Waals surface area contributed by atoms with Crippen molar-refractivity contribution in [1.82, 2.24) is 9.97 Å². The highest BCUT2D eigenvalue weighted by Crippen LogP contribution is 2.39. The Hall–Kier alpha value is -2.49. The monoisotopic (exact) mass is 406 g/mol. The maximum Gasteiger partial charge on any atom is 0.331 e. The maximum atomic E-state index is 11.5. The summed E-state index contributed by atoms with van der Waals surface area (Å²) in [6, 6.07) is 8.62. The van der Waals surface area contributed by atoms with Gasteiger partial charge in [-0.15, -0.1) is 0 Å². The summed E-state index contributed by atoms with van der Waals surface area (Å²) in [5.74, 6) is 0.734. The summed E-state index contributed by atoms with van der Waals surface area (Å²) < 4.78 is 0. The van der Waals surface area contributed by atoms with Gasteiger partial charge in [0.2, 0.25) is 0 Å². The van der Waals surface area contributed by atoms with Crippen LogP contribution in [0.5, 0.6) is 0 Å². The predicted molar refractivity (Wildman–Crippen MR) is 121 cm³/mol. The summed E-state index contributed by atoms with van der Waals surface area (Å²) in [6.07, 6.45) is 15.3. The predicted octanol–water partition coefficient (Wildman–Crippen LogP) is 6.57. The van der Waals surface area contributed by atoms with Gasteiger partial charge in [-0.3, -0.25) is 0 Å². The number of aromatic nitrogens is 2. The fraction of sp³-hybridized carbons (Fsp3) is 0.500. The number of benzene rings is 1. The topological polar surface area (TPSA) is 63.1 Å². The number of hydrogen-bond acceptors (Lipinski definition) is 3. The second-order valence-corrected chi connectivity index (χ2v) is 8.42. The second-order valence-electron chi connectivity index (χ2n) is 8.42. The van der Waals surface area contributed by atoms with E-state index in [1.165, 1.54) is 30.4 Å². The van der Waals surface area contributed by atoms with Gasteiger partial charge in [0.05, 0.1) is 0 Å². The van der Waals surface area contributed by atoms with E-state index in [9.17, 15) is 9.90 Å². The van der Waals surface area contributed by atoms with Gasteiger partial charge >= 0.3 is 5.97 Å². The largest absolute Gasteiger partial charge is 0.478 e. The zero-order valence-corrected chi connectivity index (χ0v) is 18.3. The summed E-state index contributed by atoms with van der Waals surface area (Å²) in [4.78, 5) is 20.6. The second kappa shape index (κ2) is 11.1. The van der Waals surface area contributed by atoms with Crippen molar-refractivity contribution in [1.29, 1.82) is 0 Å². The molecular formula is C26H34N2O2. The Labute approximate surface area is 180 Å². The van der Waals surface area contributed by atoms with E-state index in [-0.39, 0.29) is 5.92 Å². The molecule has 30 heavy (non-hydrogen) atoms. The van der Waals surface area contributed by atoms with Crippen molar-refractivity contribution >= 4 is 5.97 Å². The van der Waals surface area contributed by atoms with Gasteiger partial charge in [0, 0.05) is 23.5 Å². The lowest BCUT2D eigenvalue weighted by Crippen LogP contribution is -2.19. The van der Waals surface area contributed by atoms with Gasteiger partial charge < -0.3 is 5.11 Å². The quantitative estimate of drug-likeness (QED) is 0.378. The molecule has 2 aromatic rings. The van der Waals surface area contributed by atoms with Crippen LogP contribution in [0.3, 0.4) is 0 Å². The first-order valence-electron chi connectivity index (χ1n) is 11.5. The molecule has 3 rings (SSSR count). The van der Waals surface area contributed by atoms with Crippen LogP contribution in [0.15, 0.2) is 48.3 Å². The highest BCUT2D eigenvalue weighted by atomic mass is 16.4. The molecule has 1 fully saturated rings. The Morgan fingerprint density at radius 2 is 1.70 bits per heavy atom. The summed E-state index contributed by atoms with van der Waals surface area (Å²) in [5, 5.41) is 9.47. The molecule has 1 aliphatic carbocycles. The van der Waals surface area contributed by atoms with Crippen molar-refractivity contribution in [2.75, 3.05) is 0 Å². The minimum Gasteiger partial charge on any atom is -0.478 e. The van der Waals surface area contributed by atoms with Crippen LogP contribution in [0.2, 0.25) is 0 Å². The zero-order valence-electron chi connectivity index (χ0n) is 18.3. The van der Waals surface area contributed by atoms with Gasteiger partial charge in [0.15, 0.2) is 5.82 Å². The molecule has 0 saturated heterocycles. The summed E-state index contributed by atoms with van der Waals surface area (Å²) in [6.45, 7) is 4.21. The number of hydrogen-bond donors (Lipinski definition) is 1. The lowest BCUT2D eigenvalue weighted by atomic mass is 9.75. The van der Waals surface area contributed by atoms with Crippen molar-refractivity contribution < 1.29 is 9.90 Å². The number of aryl methyl sites for hydroxylation is 1. The highest BCUT2D eigenvalue weighted by molar-refractivity contribution is 5.87. The van der Waals surface area contributed by atoms with Crippen molar-refractivity contribution in [3.63, 3.8) is 0 Å². The standard InChI is InChI=1S/C26H34N2O2/c1-3-5-6-8-19-17-27-25(28-18-19)23-15-11-21(12-16-23)20-9-13-22(14-10-20)24(7-4-2)26(29)30/h7,11-12,15-18,20,22H,3-6,8-10,13-14H2,1-2H3,(H,29,30)/t20-,22-. The molecule has 0 spiro atoms. The average Bonchev–Trinajstić information content (AvgIpc) is 2.78. The van der Waals surface area contributed by atoms with E-state index in [2.05, 4.69) is 41.2 Å². The first kappa shape index (κ1) is 22.2. The average molecular weight is 407 g/mol. The third-order valence-corrected chi connectivity index (χ3v) is 6.25. The van der Waals surface area contributed by atoms with Gasteiger partial charge in [-0.2, -0.15) is 0 Å². The SMILES string of the molecule is CCC=C(C(=O)O)[C@H]1CC[C@H](c2ccc(-c3ncc(CCCCC)cn3)cc2)CC1. The number of carboxylic acid groups (broad SMARTS) is 1. The van der Waals surface area contributed by atoms with Crippen LogP contribution in [0.4, 0.5) is 0 Å². The molecule has 0 bridgehead atoms. The van der Waals surface area contributed by atoms with Crippen molar-refractivity contribution in [3.05, 3.63) is 59.4 Å². The van der Waals surface area contributed by atoms with E-state index >= 15 is 0 Å². The molecule has 0 aliphatic heterocycles. The smallest absolute Gasteiger partial charge is 0.331 e. The van der Waals surface area contributed by atoms with Crippen molar-refractivity contribution in [3.8, 4) is 11.4 Å². The van der Waals surface area contributed by atoms with Gasteiger partial charge in [0.1, 0.15) is 0 Å². The molecule has 0 amide bonds. The molecule has 1 heterocycles. The fourth-order valence-corrected chi connectivity index (χ4v) is 4.50. The van der Waals surface area contributed by atoms with Crippen LogP contribution in [0, 0.1) is 5.92 Å². The van der Waals surface area contributed by atoms with E-state index in [0.29, 0.717) is 11.5 Å². The number of unbranched alkanes of at least 4 members (excludes halogenated alkanes) is 2. The number of allylic oxidation sites excluding steroid dienone is 1. The van der Waals surface area contributed by atoms with E-state index in [1.54, 1.807) is 0 Å². The molecule has 1 aliphatic rings. The molecular weight excluding hydrogens is 372 g/mol. The van der Waals surface area contributed by atoms with Gasteiger partial charge in [-0.25, -0.2) is 14.8 Å². The molecule has 1 aromatic carbocycles. The van der Waals surface area contributed by atoms with E-state index in [4.69, 9.17) is 0 Å². The van der Waals surface area contributed by atoms with E-state index < -0.39 is 5.97 Å². The van der Waals surface area contributed by atoms with Crippen LogP contribution in [0.1, 0.15) is 82.3 Å². The number of rotatable bonds is 9. The minimum absolute atomic E-state index is 0.196. The zero-order chi connectivity index (χ0) is 21.3. The third kappa shape index (κ3) is 5.78. The highest BCUT2D eigenvalue weighted by Gasteiger charge is 2.27. The Bertz CT molecular complexity index is 832. The first-order chi connectivity index (χ1) is 14.6. The van der Waals surface area contributed by atoms with E-state index in [1.807, 2.05) is 25.4 Å². The lowest BCUT2D eigenvalue weighted by Gasteiger charge is -2.29. The number of carbonyl (C=O) groups is 1. The fourth-order valence-electron chi connectivity index (χ4n) is 4.50. The van der Waals surface area contributed by atoms with E-state index in [0.717, 1.165) is 49.9 Å². The maximum absolute atomic E-state index is 11.5. The molecule has 0 radical (unpaired) electrons. The molecule has 0 atom stereocenters. The van der Waals surface area contributed by atoms with Crippen LogP contribution in [0.25, 0.3) is 11.4 Å². The van der Waals surface area contributed by atoms with Gasteiger partial charge in [0.25, 0.3) is 0 Å². The van der Waals surface area contributed by atoms with Crippen molar-refractivity contribution in [2.24, 2.45) is 5.92 Å². The Morgan fingerprint density at radius 1 is 1.03 bits per heavy atom. The number of aliphatic carboxylic acids is 1. The van der Waals surface area contributed by atoms with Crippen LogP contribution < -0.4 is 0 Å². The van der Waals surface area contributed by atoms with Gasteiger partial charge in [-0.1, -0.05) is 57.0 Å².